The van der Waals surface area contributed by atoms with Crippen LogP contribution in [0.5, 0.6) is 0 Å². The smallest absolute Gasteiger partial charge is 0.163 e. The highest BCUT2D eigenvalue weighted by Crippen LogP contribution is 2.40. The lowest BCUT2D eigenvalue weighted by Gasteiger charge is -2.39. The minimum absolute atomic E-state index is 0.0000508. The van der Waals surface area contributed by atoms with E-state index in [4.69, 9.17) is 9.47 Å². The molecule has 0 aromatic heterocycles. The number of benzene rings is 1. The fraction of sp³-hybridized carbons (Fsp3) is 0.714. The summed E-state index contributed by atoms with van der Waals surface area (Å²) < 4.78 is 12.7. The monoisotopic (exact) mass is 320 g/mol. The molecule has 2 nitrogen and oxygen atoms in total. The van der Waals surface area contributed by atoms with Crippen LogP contribution in [0, 0.1) is 23.7 Å². The van der Waals surface area contributed by atoms with Gasteiger partial charge in [-0.25, -0.2) is 0 Å². The normalized spacial score (nSPS) is 15.7. The summed E-state index contributed by atoms with van der Waals surface area (Å²) in [5, 5.41) is 0. The van der Waals surface area contributed by atoms with E-state index < -0.39 is 0 Å². The van der Waals surface area contributed by atoms with Crippen LogP contribution in [-0.4, -0.2) is 12.9 Å². The van der Waals surface area contributed by atoms with Crippen molar-refractivity contribution in [3.63, 3.8) is 0 Å². The second kappa shape index (κ2) is 7.81. The molecular formula is C21H36O2. The van der Waals surface area contributed by atoms with Crippen LogP contribution in [0.1, 0.15) is 72.6 Å². The van der Waals surface area contributed by atoms with Gasteiger partial charge in [-0.3, -0.25) is 0 Å². The highest BCUT2D eigenvalue weighted by Gasteiger charge is 2.35. The van der Waals surface area contributed by atoms with Crippen molar-refractivity contribution < 1.29 is 9.47 Å². The molecule has 0 aliphatic carbocycles. The highest BCUT2D eigenvalue weighted by molar-refractivity contribution is 5.24. The molecule has 2 unspecified atom stereocenters. The molecule has 0 spiro atoms. The SMILES string of the molecule is Cc1ccc(C(OC(OCC(C)C)C(C)(C)C)C(C)(C)C)cc1. The summed E-state index contributed by atoms with van der Waals surface area (Å²) in [7, 11) is 0. The molecule has 2 heteroatoms. The van der Waals surface area contributed by atoms with Crippen molar-refractivity contribution in [2.24, 2.45) is 16.7 Å². The summed E-state index contributed by atoms with van der Waals surface area (Å²) in [6.45, 7) is 20.3. The van der Waals surface area contributed by atoms with Crippen LogP contribution in [0.2, 0.25) is 0 Å². The summed E-state index contributed by atoms with van der Waals surface area (Å²) in [6, 6.07) is 8.65. The van der Waals surface area contributed by atoms with Gasteiger partial charge >= 0.3 is 0 Å². The Kier molecular flexibility index (Phi) is 6.85. The molecule has 0 fully saturated rings. The van der Waals surface area contributed by atoms with E-state index in [9.17, 15) is 0 Å². The molecule has 0 aliphatic heterocycles. The molecule has 1 rings (SSSR count). The summed E-state index contributed by atoms with van der Waals surface area (Å²) in [5.41, 5.74) is 2.42. The van der Waals surface area contributed by atoms with Gasteiger partial charge in [0.15, 0.2) is 6.29 Å². The zero-order chi connectivity index (χ0) is 17.8. The Morgan fingerprint density at radius 3 is 1.78 bits per heavy atom. The minimum Gasteiger partial charge on any atom is -0.352 e. The van der Waals surface area contributed by atoms with Crippen LogP contribution in [0.15, 0.2) is 24.3 Å². The first-order chi connectivity index (χ1) is 10.4. The van der Waals surface area contributed by atoms with Crippen LogP contribution in [0.3, 0.4) is 0 Å². The maximum absolute atomic E-state index is 6.53. The standard InChI is InChI=1S/C21H36O2/c1-15(2)14-22-19(21(7,8)9)23-18(20(4,5)6)17-12-10-16(3)11-13-17/h10-13,15,18-19H,14H2,1-9H3. The molecule has 0 N–H and O–H groups in total. The van der Waals surface area contributed by atoms with E-state index in [0.29, 0.717) is 12.5 Å². The van der Waals surface area contributed by atoms with Crippen LogP contribution in [0.25, 0.3) is 0 Å². The third-order valence-corrected chi connectivity index (χ3v) is 3.71. The van der Waals surface area contributed by atoms with Crippen molar-refractivity contribution in [3.8, 4) is 0 Å². The average molecular weight is 321 g/mol. The van der Waals surface area contributed by atoms with Gasteiger partial charge in [0.25, 0.3) is 0 Å². The zero-order valence-corrected chi connectivity index (χ0v) is 16.6. The minimum atomic E-state index is -0.226. The van der Waals surface area contributed by atoms with Gasteiger partial charge in [-0.15, -0.1) is 0 Å². The lowest BCUT2D eigenvalue weighted by molar-refractivity contribution is -0.240. The number of hydrogen-bond donors (Lipinski definition) is 0. The molecule has 0 heterocycles. The predicted molar refractivity (Wildman–Crippen MR) is 98.5 cm³/mol. The molecule has 0 saturated heterocycles. The van der Waals surface area contributed by atoms with E-state index in [1.807, 2.05) is 0 Å². The molecule has 1 aromatic rings. The fourth-order valence-corrected chi connectivity index (χ4v) is 2.42. The van der Waals surface area contributed by atoms with Crippen molar-refractivity contribution in [2.75, 3.05) is 6.61 Å². The van der Waals surface area contributed by atoms with Crippen LogP contribution < -0.4 is 0 Å². The molecule has 2 atom stereocenters. The van der Waals surface area contributed by atoms with Crippen molar-refractivity contribution in [3.05, 3.63) is 35.4 Å². The number of rotatable bonds is 6. The number of hydrogen-bond acceptors (Lipinski definition) is 2. The van der Waals surface area contributed by atoms with Gasteiger partial charge in [0.1, 0.15) is 0 Å². The van der Waals surface area contributed by atoms with E-state index in [1.54, 1.807) is 0 Å². The van der Waals surface area contributed by atoms with E-state index in [2.05, 4.69) is 86.6 Å². The first-order valence-electron chi connectivity index (χ1n) is 8.75. The van der Waals surface area contributed by atoms with Crippen molar-refractivity contribution >= 4 is 0 Å². The summed E-state index contributed by atoms with van der Waals surface area (Å²) in [6.07, 6.45) is -0.227. The van der Waals surface area contributed by atoms with Gasteiger partial charge in [-0.05, 0) is 23.8 Å². The van der Waals surface area contributed by atoms with Gasteiger partial charge < -0.3 is 9.47 Å². The lowest BCUT2D eigenvalue weighted by atomic mass is 9.84. The third kappa shape index (κ3) is 6.64. The third-order valence-electron chi connectivity index (χ3n) is 3.71. The van der Waals surface area contributed by atoms with Crippen molar-refractivity contribution in [1.29, 1.82) is 0 Å². The maximum atomic E-state index is 6.53. The van der Waals surface area contributed by atoms with Gasteiger partial charge in [0, 0.05) is 5.41 Å². The van der Waals surface area contributed by atoms with E-state index in [1.165, 1.54) is 11.1 Å². The predicted octanol–water partition coefficient (Wildman–Crippen LogP) is 6.14. The summed E-state index contributed by atoms with van der Waals surface area (Å²) >= 11 is 0. The van der Waals surface area contributed by atoms with E-state index in [0.717, 1.165) is 0 Å². The average Bonchev–Trinajstić information content (AvgIpc) is 2.37. The molecule has 0 saturated carbocycles. The Morgan fingerprint density at radius 1 is 0.870 bits per heavy atom. The first-order valence-corrected chi connectivity index (χ1v) is 8.75. The quantitative estimate of drug-likeness (QED) is 0.586. The Morgan fingerprint density at radius 2 is 1.39 bits per heavy atom. The molecular weight excluding hydrogens is 284 g/mol. The van der Waals surface area contributed by atoms with Gasteiger partial charge in [0.2, 0.25) is 0 Å². The van der Waals surface area contributed by atoms with Crippen LogP contribution in [-0.2, 0) is 9.47 Å². The summed E-state index contributed by atoms with van der Waals surface area (Å²) in [4.78, 5) is 0. The Bertz CT molecular complexity index is 460. The fourth-order valence-electron chi connectivity index (χ4n) is 2.42. The first kappa shape index (κ1) is 20.2. The van der Waals surface area contributed by atoms with Crippen molar-refractivity contribution in [2.45, 2.75) is 74.7 Å². The van der Waals surface area contributed by atoms with Gasteiger partial charge in [-0.1, -0.05) is 85.2 Å². The molecule has 132 valence electrons. The van der Waals surface area contributed by atoms with Gasteiger partial charge in [0.05, 0.1) is 12.7 Å². The number of ether oxygens (including phenoxy) is 2. The van der Waals surface area contributed by atoms with E-state index >= 15 is 0 Å². The molecule has 23 heavy (non-hydrogen) atoms. The van der Waals surface area contributed by atoms with Crippen molar-refractivity contribution in [1.82, 2.24) is 0 Å². The Balaban J connectivity index is 3.03. The van der Waals surface area contributed by atoms with Gasteiger partial charge in [-0.2, -0.15) is 0 Å². The zero-order valence-electron chi connectivity index (χ0n) is 16.6. The van der Waals surface area contributed by atoms with Crippen LogP contribution in [0.4, 0.5) is 0 Å². The molecule has 1 aromatic carbocycles. The highest BCUT2D eigenvalue weighted by atomic mass is 16.7. The summed E-state index contributed by atoms with van der Waals surface area (Å²) in [5.74, 6) is 0.496. The second-order valence-electron chi connectivity index (χ2n) is 9.22. The number of aryl methyl sites for hydroxylation is 1. The largest absolute Gasteiger partial charge is 0.352 e. The molecule has 0 amide bonds. The topological polar surface area (TPSA) is 18.5 Å². The molecule has 0 aliphatic rings. The maximum Gasteiger partial charge on any atom is 0.163 e. The second-order valence-corrected chi connectivity index (χ2v) is 9.22. The Labute approximate surface area is 143 Å². The van der Waals surface area contributed by atoms with E-state index in [-0.39, 0.29) is 23.2 Å². The Hall–Kier alpha value is -0.860. The lowest BCUT2D eigenvalue weighted by Crippen LogP contribution is -2.37. The van der Waals surface area contributed by atoms with Crippen LogP contribution >= 0.6 is 0 Å². The molecule has 0 radical (unpaired) electrons. The molecule has 0 bridgehead atoms.